The summed E-state index contributed by atoms with van der Waals surface area (Å²) in [7, 11) is 0. The summed E-state index contributed by atoms with van der Waals surface area (Å²) in [5.74, 6) is 0.515. The fourth-order valence-corrected chi connectivity index (χ4v) is 7.31. The first-order valence-electron chi connectivity index (χ1n) is 29.0. The van der Waals surface area contributed by atoms with Gasteiger partial charge in [0.05, 0.1) is 22.3 Å². The fourth-order valence-electron chi connectivity index (χ4n) is 7.31. The van der Waals surface area contributed by atoms with E-state index in [4.69, 9.17) is 0 Å². The monoisotopic (exact) mass is 1080 g/mol. The van der Waals surface area contributed by atoms with Crippen molar-refractivity contribution in [1.82, 2.24) is 29.2 Å². The summed E-state index contributed by atoms with van der Waals surface area (Å²) < 4.78 is 2.01. The lowest BCUT2D eigenvalue weighted by molar-refractivity contribution is 0.0507. The topological polar surface area (TPSA) is 93.4 Å². The number of para-hydroxylation sites is 1. The normalized spacial score (nSPS) is 11.0. The summed E-state index contributed by atoms with van der Waals surface area (Å²) in [5, 5.41) is 3.86. The molecule has 5 heterocycles. The Kier molecular flexibility index (Phi) is 33.4. The van der Waals surface area contributed by atoms with Crippen LogP contribution < -0.4 is 0 Å². The van der Waals surface area contributed by atoms with Crippen LogP contribution in [-0.4, -0.2) is 46.6 Å². The molecule has 0 atom stereocenters. The van der Waals surface area contributed by atoms with E-state index < -0.39 is 5.54 Å². The smallest absolute Gasteiger partial charge is 0.262 e. The van der Waals surface area contributed by atoms with Gasteiger partial charge in [-0.2, -0.15) is 0 Å². The van der Waals surface area contributed by atoms with Crippen LogP contribution in [0.4, 0.5) is 0 Å². The van der Waals surface area contributed by atoms with Crippen LogP contribution in [0.2, 0.25) is 0 Å². The van der Waals surface area contributed by atoms with Gasteiger partial charge in [-0.05, 0) is 110 Å². The molecule has 0 aliphatic carbocycles. The van der Waals surface area contributed by atoms with Crippen molar-refractivity contribution >= 4 is 39.1 Å². The zero-order chi connectivity index (χ0) is 61.3. The van der Waals surface area contributed by atoms with E-state index in [1.165, 1.54) is 32.2 Å². The quantitative estimate of drug-likeness (QED) is 0.140. The lowest BCUT2D eigenvalue weighted by atomic mass is 9.86. The van der Waals surface area contributed by atoms with Gasteiger partial charge in [0.2, 0.25) is 0 Å². The standard InChI is InChI=1S/C14H16.C12H13NO2.C10H9N.C10H14.C8H8N2.C8H12N2.5C2H6/c1-14(2,3)13-9-8-11-6-4-5-7-12(11)10-13;1-12(2,3)13-10(14)8-6-4-5-7-9(8)11(13)15;1-8-6-7-9-4-2-3-5-10(9)11-8;1-10(2,3)9-7-5-4-6-8-9;1-7-6-10-5-3-2-4-8(10)9-7;1-8(2,3)7-9-5-4-6-10-7;5*1-2/h4-10H,1-3H3;4-7H,1-3H3;2-7H,1H3;4-8H,1-3H3;2-6H,1H3;4-6H,1-3H3;5*1-2H3. The number of amides is 2. The summed E-state index contributed by atoms with van der Waals surface area (Å²) in [5.41, 5.74) is 8.18. The second-order valence-corrected chi connectivity index (χ2v) is 21.4. The van der Waals surface area contributed by atoms with E-state index in [0.29, 0.717) is 16.5 Å². The highest BCUT2D eigenvalue weighted by atomic mass is 16.2. The minimum absolute atomic E-state index is 0.0707. The van der Waals surface area contributed by atoms with Crippen molar-refractivity contribution in [2.24, 2.45) is 0 Å². The molecule has 0 fully saturated rings. The van der Waals surface area contributed by atoms with Crippen molar-refractivity contribution in [2.45, 2.75) is 188 Å². The molecule has 4 aromatic heterocycles. The number of pyridine rings is 2. The third-order valence-electron chi connectivity index (χ3n) is 11.2. The molecule has 8 heteroatoms. The van der Waals surface area contributed by atoms with Gasteiger partial charge >= 0.3 is 0 Å². The van der Waals surface area contributed by atoms with Crippen LogP contribution in [0.1, 0.15) is 201 Å². The Labute approximate surface area is 485 Å². The van der Waals surface area contributed by atoms with Crippen LogP contribution in [0.3, 0.4) is 0 Å². The first kappa shape index (κ1) is 72.7. The SMILES string of the molecule is CC.CC.CC.CC.CC.CC(C)(C)N1C(=O)c2ccccc2C1=O.CC(C)(C)c1ccc2ccccc2c1.CC(C)(C)c1ccccc1.CC(C)(C)c1ncccn1.Cc1ccc2ccccc2n1.Cc1cn2ccccc2n1. The first-order valence-corrected chi connectivity index (χ1v) is 29.0. The van der Waals surface area contributed by atoms with Gasteiger partial charge < -0.3 is 4.40 Å². The Morgan fingerprint density at radius 2 is 0.838 bits per heavy atom. The number of benzene rings is 5. The molecular formula is C72H102N6O2. The molecule has 9 aromatic rings. The first-order chi connectivity index (χ1) is 37.9. The zero-order valence-electron chi connectivity index (χ0n) is 53.8. The van der Waals surface area contributed by atoms with Crippen LogP contribution in [-0.2, 0) is 16.2 Å². The lowest BCUT2D eigenvalue weighted by Gasteiger charge is -2.29. The molecule has 0 radical (unpaired) electrons. The Hall–Kier alpha value is -7.32. The number of rotatable bonds is 0. The number of carbonyl (C=O) groups excluding carboxylic acids is 2. The molecule has 1 aliphatic heterocycles. The molecule has 10 rings (SSSR count). The molecule has 0 saturated carbocycles. The highest BCUT2D eigenvalue weighted by molar-refractivity contribution is 6.21. The maximum atomic E-state index is 12.0. The molecule has 80 heavy (non-hydrogen) atoms. The van der Waals surface area contributed by atoms with E-state index in [9.17, 15) is 9.59 Å². The van der Waals surface area contributed by atoms with Gasteiger partial charge in [-0.3, -0.25) is 19.5 Å². The number of aryl methyl sites for hydroxylation is 2. The summed E-state index contributed by atoms with van der Waals surface area (Å²) in [6, 6.07) is 52.8. The van der Waals surface area contributed by atoms with Crippen molar-refractivity contribution in [3.8, 4) is 0 Å². The van der Waals surface area contributed by atoms with E-state index >= 15 is 0 Å². The zero-order valence-corrected chi connectivity index (χ0v) is 53.8. The third-order valence-corrected chi connectivity index (χ3v) is 11.2. The van der Waals surface area contributed by atoms with Gasteiger partial charge in [0.1, 0.15) is 11.5 Å². The summed E-state index contributed by atoms with van der Waals surface area (Å²) >= 11 is 0. The van der Waals surface area contributed by atoms with Gasteiger partial charge in [-0.25, -0.2) is 15.0 Å². The number of nitrogens with zero attached hydrogens (tertiary/aromatic N) is 6. The van der Waals surface area contributed by atoms with Crippen LogP contribution in [0.5, 0.6) is 0 Å². The van der Waals surface area contributed by atoms with E-state index in [0.717, 1.165) is 28.4 Å². The van der Waals surface area contributed by atoms with Gasteiger partial charge in [-0.1, -0.05) is 247 Å². The van der Waals surface area contributed by atoms with Crippen molar-refractivity contribution in [1.29, 1.82) is 0 Å². The fraction of sp³-hybridized carbons (Fsp3) is 0.389. The van der Waals surface area contributed by atoms with Crippen molar-refractivity contribution in [3.05, 3.63) is 222 Å². The van der Waals surface area contributed by atoms with Gasteiger partial charge in [0, 0.05) is 46.8 Å². The molecule has 8 nitrogen and oxygen atoms in total. The van der Waals surface area contributed by atoms with Gasteiger partial charge in [0.15, 0.2) is 0 Å². The minimum atomic E-state index is -0.465. The van der Waals surface area contributed by atoms with Crippen molar-refractivity contribution in [2.75, 3.05) is 0 Å². The van der Waals surface area contributed by atoms with Crippen LogP contribution in [0.15, 0.2) is 183 Å². The molecule has 0 saturated heterocycles. The Morgan fingerprint density at radius 1 is 0.388 bits per heavy atom. The number of hydrogen-bond donors (Lipinski definition) is 0. The number of carbonyl (C=O) groups is 2. The Bertz CT molecular complexity index is 2980. The Balaban J connectivity index is 0.000000912. The average Bonchev–Trinajstić information content (AvgIpc) is 3.98. The Morgan fingerprint density at radius 3 is 1.30 bits per heavy atom. The second kappa shape index (κ2) is 36.8. The number of fused-ring (bicyclic) bond motifs is 4. The summed E-state index contributed by atoms with van der Waals surface area (Å²) in [6.07, 6.45) is 7.55. The maximum absolute atomic E-state index is 12.0. The molecule has 0 unspecified atom stereocenters. The number of imidazole rings is 1. The van der Waals surface area contributed by atoms with Crippen molar-refractivity contribution < 1.29 is 9.59 Å². The lowest BCUT2D eigenvalue weighted by Crippen LogP contribution is -2.45. The predicted molar refractivity (Wildman–Crippen MR) is 348 cm³/mol. The van der Waals surface area contributed by atoms with E-state index in [-0.39, 0.29) is 22.6 Å². The highest BCUT2D eigenvalue weighted by Crippen LogP contribution is 2.29. The van der Waals surface area contributed by atoms with E-state index in [2.05, 4.69) is 167 Å². The van der Waals surface area contributed by atoms with E-state index in [1.54, 1.807) is 36.7 Å². The molecule has 0 N–H and O–H groups in total. The summed E-state index contributed by atoms with van der Waals surface area (Å²) in [4.78, 5) is 42.2. The predicted octanol–water partition coefficient (Wildman–Crippen LogP) is 20.3. The molecule has 1 aliphatic rings. The molecule has 5 aromatic carbocycles. The van der Waals surface area contributed by atoms with Crippen LogP contribution in [0, 0.1) is 13.8 Å². The molecule has 2 amide bonds. The third kappa shape index (κ3) is 24.4. The van der Waals surface area contributed by atoms with Crippen molar-refractivity contribution in [3.63, 3.8) is 0 Å². The van der Waals surface area contributed by atoms with Crippen LogP contribution >= 0.6 is 0 Å². The number of aromatic nitrogens is 5. The van der Waals surface area contributed by atoms with E-state index in [1.807, 2.05) is 169 Å². The molecule has 0 spiro atoms. The average molecular weight is 1080 g/mol. The molecular weight excluding hydrogens is 981 g/mol. The number of imide groups is 1. The largest absolute Gasteiger partial charge is 0.307 e. The number of hydrogen-bond acceptors (Lipinski definition) is 6. The summed E-state index contributed by atoms with van der Waals surface area (Å²) in [6.45, 7) is 49.3. The second-order valence-electron chi connectivity index (χ2n) is 21.4. The minimum Gasteiger partial charge on any atom is -0.307 e. The highest BCUT2D eigenvalue weighted by Gasteiger charge is 2.41. The molecule has 432 valence electrons. The van der Waals surface area contributed by atoms with Gasteiger partial charge in [-0.15, -0.1) is 0 Å². The molecule has 0 bridgehead atoms. The van der Waals surface area contributed by atoms with Gasteiger partial charge in [0.25, 0.3) is 11.8 Å². The maximum Gasteiger partial charge on any atom is 0.262 e. The van der Waals surface area contributed by atoms with Crippen LogP contribution in [0.25, 0.3) is 27.3 Å².